The van der Waals surface area contributed by atoms with E-state index in [1.54, 1.807) is 36.4 Å². The van der Waals surface area contributed by atoms with E-state index in [1.165, 1.54) is 30.6 Å². The summed E-state index contributed by atoms with van der Waals surface area (Å²) in [6, 6.07) is 22.4. The second-order valence-electron chi connectivity index (χ2n) is 7.04. The van der Waals surface area contributed by atoms with Gasteiger partial charge < -0.3 is 10.1 Å². The number of carbonyl (C=O) groups is 1. The van der Waals surface area contributed by atoms with E-state index in [2.05, 4.69) is 5.32 Å². The number of hydrogen-bond donors (Lipinski definition) is 1. The monoisotopic (exact) mass is 438 g/mol. The van der Waals surface area contributed by atoms with Crippen LogP contribution in [0.4, 0.5) is 5.69 Å². The van der Waals surface area contributed by atoms with Crippen LogP contribution in [0, 0.1) is 0 Å². The van der Waals surface area contributed by atoms with E-state index < -0.39 is 10.0 Å². The molecule has 0 aliphatic carbocycles. The molecule has 6 nitrogen and oxygen atoms in total. The van der Waals surface area contributed by atoms with Gasteiger partial charge in [-0.1, -0.05) is 37.3 Å². The zero-order valence-corrected chi connectivity index (χ0v) is 18.6. The minimum atomic E-state index is -3.73. The summed E-state index contributed by atoms with van der Waals surface area (Å²) in [5.41, 5.74) is 1.97. The quantitative estimate of drug-likeness (QED) is 0.566. The molecule has 0 radical (unpaired) electrons. The van der Waals surface area contributed by atoms with E-state index in [1.807, 2.05) is 37.3 Å². The highest BCUT2D eigenvalue weighted by molar-refractivity contribution is 7.92. The summed E-state index contributed by atoms with van der Waals surface area (Å²) in [5, 5.41) is 3.03. The molecule has 1 amide bonds. The summed E-state index contributed by atoms with van der Waals surface area (Å²) in [4.78, 5) is 12.9. The standard InChI is InChI=1S/C24H26N2O4S/c1-4-23(18-8-6-5-7-9-18)25-24(27)19-10-12-20(13-11-19)26(2)31(28,29)22-16-14-21(30-3)15-17-22/h5-17,23H,4H2,1-3H3,(H,25,27)/t23-/m0/s1. The van der Waals surface area contributed by atoms with Gasteiger partial charge in [-0.3, -0.25) is 9.10 Å². The van der Waals surface area contributed by atoms with Crippen LogP contribution < -0.4 is 14.4 Å². The number of hydrogen-bond acceptors (Lipinski definition) is 4. The van der Waals surface area contributed by atoms with E-state index in [-0.39, 0.29) is 16.8 Å². The molecule has 7 heteroatoms. The van der Waals surface area contributed by atoms with Gasteiger partial charge in [0.05, 0.1) is 23.7 Å². The Balaban J connectivity index is 1.74. The van der Waals surface area contributed by atoms with Crippen LogP contribution in [0.1, 0.15) is 35.3 Å². The number of nitrogens with one attached hydrogen (secondary N) is 1. The molecule has 1 atom stereocenters. The van der Waals surface area contributed by atoms with Crippen molar-refractivity contribution in [2.24, 2.45) is 0 Å². The third kappa shape index (κ3) is 5.06. The first-order valence-electron chi connectivity index (χ1n) is 9.95. The maximum atomic E-state index is 12.9. The molecule has 0 saturated carbocycles. The molecular formula is C24H26N2O4S. The van der Waals surface area contributed by atoms with Gasteiger partial charge in [-0.05, 0) is 60.5 Å². The van der Waals surface area contributed by atoms with E-state index in [9.17, 15) is 13.2 Å². The van der Waals surface area contributed by atoms with Crippen molar-refractivity contribution in [1.29, 1.82) is 0 Å². The molecule has 0 aromatic heterocycles. The summed E-state index contributed by atoms with van der Waals surface area (Å²) in [5.74, 6) is 0.376. The van der Waals surface area contributed by atoms with Gasteiger partial charge in [0.25, 0.3) is 15.9 Å². The number of carbonyl (C=O) groups excluding carboxylic acids is 1. The van der Waals surface area contributed by atoms with Crippen LogP contribution in [0.3, 0.4) is 0 Å². The smallest absolute Gasteiger partial charge is 0.264 e. The predicted molar refractivity (Wildman–Crippen MR) is 122 cm³/mol. The zero-order chi connectivity index (χ0) is 22.4. The molecule has 31 heavy (non-hydrogen) atoms. The fourth-order valence-corrected chi connectivity index (χ4v) is 4.41. The minimum Gasteiger partial charge on any atom is -0.497 e. The number of nitrogens with zero attached hydrogens (tertiary/aromatic N) is 1. The molecule has 0 spiro atoms. The molecule has 0 saturated heterocycles. The molecule has 3 aromatic rings. The van der Waals surface area contributed by atoms with Crippen LogP contribution in [0.2, 0.25) is 0 Å². The van der Waals surface area contributed by atoms with E-state index in [4.69, 9.17) is 4.74 Å². The maximum Gasteiger partial charge on any atom is 0.264 e. The van der Waals surface area contributed by atoms with Crippen molar-refractivity contribution in [2.45, 2.75) is 24.3 Å². The Bertz CT molecular complexity index is 1110. The fourth-order valence-electron chi connectivity index (χ4n) is 3.22. The Morgan fingerprint density at radius 2 is 1.58 bits per heavy atom. The number of amides is 1. The van der Waals surface area contributed by atoms with Crippen LogP contribution in [0.5, 0.6) is 5.75 Å². The van der Waals surface area contributed by atoms with Crippen LogP contribution in [-0.2, 0) is 10.0 Å². The number of benzene rings is 3. The van der Waals surface area contributed by atoms with Gasteiger partial charge in [-0.15, -0.1) is 0 Å². The SMILES string of the molecule is CC[C@H](NC(=O)c1ccc(N(C)S(=O)(=O)c2ccc(OC)cc2)cc1)c1ccccc1. The molecule has 3 rings (SSSR count). The van der Waals surface area contributed by atoms with Gasteiger partial charge in [0.2, 0.25) is 0 Å². The summed E-state index contributed by atoms with van der Waals surface area (Å²) in [7, 11) is -0.725. The van der Waals surface area contributed by atoms with Crippen molar-refractivity contribution in [3.63, 3.8) is 0 Å². The van der Waals surface area contributed by atoms with E-state index >= 15 is 0 Å². The van der Waals surface area contributed by atoms with Crippen molar-refractivity contribution < 1.29 is 17.9 Å². The molecule has 0 bridgehead atoms. The Morgan fingerprint density at radius 1 is 0.968 bits per heavy atom. The largest absolute Gasteiger partial charge is 0.497 e. The Kier molecular flexibility index (Phi) is 6.97. The van der Waals surface area contributed by atoms with Crippen molar-refractivity contribution in [1.82, 2.24) is 5.32 Å². The Labute approximate surface area is 183 Å². The molecular weight excluding hydrogens is 412 g/mol. The first-order valence-corrected chi connectivity index (χ1v) is 11.4. The summed E-state index contributed by atoms with van der Waals surface area (Å²) < 4.78 is 32.1. The van der Waals surface area contributed by atoms with Crippen molar-refractivity contribution in [2.75, 3.05) is 18.5 Å². The second kappa shape index (κ2) is 9.66. The molecule has 0 unspecified atom stereocenters. The van der Waals surface area contributed by atoms with Crippen LogP contribution in [0.15, 0.2) is 83.8 Å². The van der Waals surface area contributed by atoms with Crippen LogP contribution in [-0.4, -0.2) is 28.5 Å². The van der Waals surface area contributed by atoms with E-state index in [0.717, 1.165) is 12.0 Å². The predicted octanol–water partition coefficient (Wildman–Crippen LogP) is 4.40. The van der Waals surface area contributed by atoms with Gasteiger partial charge in [-0.2, -0.15) is 0 Å². The summed E-state index contributed by atoms with van der Waals surface area (Å²) in [6.45, 7) is 2.01. The lowest BCUT2D eigenvalue weighted by Gasteiger charge is -2.20. The van der Waals surface area contributed by atoms with Gasteiger partial charge in [0.1, 0.15) is 5.75 Å². The highest BCUT2D eigenvalue weighted by atomic mass is 32.2. The molecule has 0 fully saturated rings. The number of rotatable bonds is 8. The highest BCUT2D eigenvalue weighted by Crippen LogP contribution is 2.24. The van der Waals surface area contributed by atoms with Crippen molar-refractivity contribution in [3.8, 4) is 5.75 Å². The Morgan fingerprint density at radius 3 is 2.13 bits per heavy atom. The molecule has 162 valence electrons. The number of sulfonamides is 1. The maximum absolute atomic E-state index is 12.9. The van der Waals surface area contributed by atoms with E-state index in [0.29, 0.717) is 17.0 Å². The number of methoxy groups -OCH3 is 1. The number of ether oxygens (including phenoxy) is 1. The van der Waals surface area contributed by atoms with Gasteiger partial charge in [-0.25, -0.2) is 8.42 Å². The van der Waals surface area contributed by atoms with Crippen molar-refractivity contribution in [3.05, 3.63) is 90.0 Å². The summed E-state index contributed by atoms with van der Waals surface area (Å²) in [6.07, 6.45) is 0.761. The number of anilines is 1. The molecule has 3 aromatic carbocycles. The Hall–Kier alpha value is -3.32. The van der Waals surface area contributed by atoms with Crippen LogP contribution >= 0.6 is 0 Å². The highest BCUT2D eigenvalue weighted by Gasteiger charge is 2.22. The average Bonchev–Trinajstić information content (AvgIpc) is 2.82. The summed E-state index contributed by atoms with van der Waals surface area (Å²) >= 11 is 0. The molecule has 0 aliphatic rings. The fraction of sp³-hybridized carbons (Fsp3) is 0.208. The van der Waals surface area contributed by atoms with Gasteiger partial charge in [0.15, 0.2) is 0 Å². The first-order chi connectivity index (χ1) is 14.9. The topological polar surface area (TPSA) is 75.7 Å². The third-order valence-corrected chi connectivity index (χ3v) is 6.93. The lowest BCUT2D eigenvalue weighted by Crippen LogP contribution is -2.28. The van der Waals surface area contributed by atoms with Crippen LogP contribution in [0.25, 0.3) is 0 Å². The second-order valence-corrected chi connectivity index (χ2v) is 9.01. The first kappa shape index (κ1) is 22.4. The lowest BCUT2D eigenvalue weighted by atomic mass is 10.0. The third-order valence-electron chi connectivity index (χ3n) is 5.13. The molecule has 1 N–H and O–H groups in total. The average molecular weight is 439 g/mol. The normalized spacial score (nSPS) is 12.1. The van der Waals surface area contributed by atoms with Gasteiger partial charge >= 0.3 is 0 Å². The zero-order valence-electron chi connectivity index (χ0n) is 17.8. The lowest BCUT2D eigenvalue weighted by molar-refractivity contribution is 0.0935. The van der Waals surface area contributed by atoms with Crippen molar-refractivity contribution >= 4 is 21.6 Å². The minimum absolute atomic E-state index is 0.0912. The molecule has 0 aliphatic heterocycles. The molecule has 0 heterocycles. The van der Waals surface area contributed by atoms with Gasteiger partial charge in [0, 0.05) is 12.6 Å².